The van der Waals surface area contributed by atoms with Gasteiger partial charge in [0.2, 0.25) is 6.21 Å². The Morgan fingerprint density at radius 3 is 2.07 bits per heavy atom. The topological polar surface area (TPSA) is 46.3 Å². The molecule has 0 aromatic heterocycles. The average molecular weight is 205 g/mol. The molecule has 1 aromatic rings. The van der Waals surface area contributed by atoms with Crippen molar-refractivity contribution in [2.45, 2.75) is 6.18 Å². The molecular formula is C8H6F3NO2. The van der Waals surface area contributed by atoms with Gasteiger partial charge >= 0.3 is 6.18 Å². The Hall–Kier alpha value is -1.72. The Morgan fingerprint density at radius 1 is 1.21 bits per heavy atom. The smallest absolute Gasteiger partial charge is 0.416 e. The number of rotatable bonds is 1. The third-order valence-corrected chi connectivity index (χ3v) is 1.50. The molecule has 1 N–H and O–H groups in total. The Kier molecular flexibility index (Phi) is 2.64. The number of benzene rings is 1. The third-order valence-electron chi connectivity index (χ3n) is 1.50. The SMILES string of the molecule is [O-]/[N+](O)=C\c1ccc(C(F)(F)F)cc1. The van der Waals surface area contributed by atoms with Gasteiger partial charge in [-0.2, -0.15) is 13.2 Å². The minimum absolute atomic E-state index is 0.190. The van der Waals surface area contributed by atoms with Gasteiger partial charge in [-0.05, 0) is 24.3 Å². The Bertz CT molecular complexity index is 339. The highest BCUT2D eigenvalue weighted by molar-refractivity contribution is 5.75. The van der Waals surface area contributed by atoms with Gasteiger partial charge in [0.1, 0.15) is 0 Å². The quantitative estimate of drug-likeness (QED) is 0.330. The molecule has 1 rings (SSSR count). The Morgan fingerprint density at radius 2 is 1.71 bits per heavy atom. The van der Waals surface area contributed by atoms with Gasteiger partial charge in [-0.1, -0.05) is 0 Å². The van der Waals surface area contributed by atoms with Crippen LogP contribution in [-0.2, 0) is 6.18 Å². The van der Waals surface area contributed by atoms with Crippen molar-refractivity contribution in [2.75, 3.05) is 0 Å². The fraction of sp³-hybridized carbons (Fsp3) is 0.125. The van der Waals surface area contributed by atoms with Crippen LogP contribution in [0.1, 0.15) is 11.1 Å². The van der Waals surface area contributed by atoms with Gasteiger partial charge in [0, 0.05) is 10.5 Å². The minimum atomic E-state index is -4.39. The molecule has 0 saturated carbocycles. The van der Waals surface area contributed by atoms with E-state index in [2.05, 4.69) is 0 Å². The van der Waals surface area contributed by atoms with Crippen LogP contribution in [0, 0.1) is 5.21 Å². The van der Waals surface area contributed by atoms with Crippen molar-refractivity contribution < 1.29 is 23.3 Å². The molecule has 0 radical (unpaired) electrons. The lowest BCUT2D eigenvalue weighted by atomic mass is 10.1. The van der Waals surface area contributed by atoms with E-state index in [0.717, 1.165) is 30.5 Å². The molecule has 0 aliphatic heterocycles. The summed E-state index contributed by atoms with van der Waals surface area (Å²) in [4.78, 5) is -0.470. The lowest BCUT2D eigenvalue weighted by Gasteiger charge is -2.05. The molecule has 0 bridgehead atoms. The van der Waals surface area contributed by atoms with Gasteiger partial charge in [-0.15, -0.1) is 0 Å². The zero-order chi connectivity index (χ0) is 10.8. The van der Waals surface area contributed by atoms with Crippen molar-refractivity contribution in [1.29, 1.82) is 0 Å². The van der Waals surface area contributed by atoms with Crippen LogP contribution in [0.25, 0.3) is 0 Å². The van der Waals surface area contributed by atoms with Crippen LogP contribution in [0.3, 0.4) is 0 Å². The van der Waals surface area contributed by atoms with Crippen LogP contribution in [-0.4, -0.2) is 16.3 Å². The highest BCUT2D eigenvalue weighted by Gasteiger charge is 2.29. The van der Waals surface area contributed by atoms with Crippen LogP contribution in [0.5, 0.6) is 0 Å². The summed E-state index contributed by atoms with van der Waals surface area (Å²) in [5, 5.41) is 18.3. The van der Waals surface area contributed by atoms with Crippen molar-refractivity contribution >= 4 is 6.21 Å². The van der Waals surface area contributed by atoms with Gasteiger partial charge in [-0.25, -0.2) is 0 Å². The normalized spacial score (nSPS) is 12.9. The lowest BCUT2D eigenvalue weighted by molar-refractivity contribution is -0.722. The van der Waals surface area contributed by atoms with Gasteiger partial charge in [0.15, 0.2) is 0 Å². The summed E-state index contributed by atoms with van der Waals surface area (Å²) in [7, 11) is 0. The molecule has 14 heavy (non-hydrogen) atoms. The van der Waals surface area contributed by atoms with Crippen LogP contribution < -0.4 is 0 Å². The Balaban J connectivity index is 2.95. The number of hydrogen-bond donors (Lipinski definition) is 1. The van der Waals surface area contributed by atoms with E-state index in [0.29, 0.717) is 0 Å². The monoisotopic (exact) mass is 205 g/mol. The number of hydrogen-bond acceptors (Lipinski definition) is 2. The molecule has 0 spiro atoms. The molecule has 1 aromatic carbocycles. The van der Waals surface area contributed by atoms with Gasteiger partial charge in [0.25, 0.3) is 0 Å². The lowest BCUT2D eigenvalue weighted by Crippen LogP contribution is -2.05. The first-order chi connectivity index (χ1) is 6.39. The Labute approximate surface area is 77.3 Å². The largest absolute Gasteiger partial charge is 0.418 e. The standard InChI is InChI=1S/C8H6F3NO2/c9-8(10,11)7-3-1-6(2-4-7)5-12(13)14/h1-5H,(H,13,14). The fourth-order valence-corrected chi connectivity index (χ4v) is 0.886. The molecule has 0 atom stereocenters. The molecule has 3 nitrogen and oxygen atoms in total. The summed E-state index contributed by atoms with van der Waals surface area (Å²) < 4.78 is 36.2. The van der Waals surface area contributed by atoms with Crippen LogP contribution in [0.4, 0.5) is 13.2 Å². The van der Waals surface area contributed by atoms with E-state index in [1.165, 1.54) is 0 Å². The zero-order valence-electron chi connectivity index (χ0n) is 6.82. The first-order valence-electron chi connectivity index (χ1n) is 3.57. The van der Waals surface area contributed by atoms with Crippen molar-refractivity contribution in [1.82, 2.24) is 0 Å². The average Bonchev–Trinajstić information content (AvgIpc) is 2.02. The number of halogens is 3. The van der Waals surface area contributed by atoms with E-state index in [1.54, 1.807) is 0 Å². The van der Waals surface area contributed by atoms with Crippen LogP contribution in [0.2, 0.25) is 0 Å². The summed E-state index contributed by atoms with van der Waals surface area (Å²) in [6.45, 7) is 0. The number of alkyl halides is 3. The summed E-state index contributed by atoms with van der Waals surface area (Å²) in [5.41, 5.74) is -0.611. The fourth-order valence-electron chi connectivity index (χ4n) is 0.886. The number of nitrogens with zero attached hydrogens (tertiary/aromatic N) is 1. The summed E-state index contributed by atoms with van der Waals surface area (Å²) in [5.74, 6) is 0. The molecular weight excluding hydrogens is 199 g/mol. The van der Waals surface area contributed by atoms with Gasteiger partial charge in [0.05, 0.1) is 5.56 Å². The summed E-state index contributed by atoms with van der Waals surface area (Å²) in [6.07, 6.45) is -3.64. The molecule has 0 saturated heterocycles. The zero-order valence-corrected chi connectivity index (χ0v) is 6.82. The molecule has 0 fully saturated rings. The first-order valence-corrected chi connectivity index (χ1v) is 3.57. The summed E-state index contributed by atoms with van der Waals surface area (Å²) >= 11 is 0. The highest BCUT2D eigenvalue weighted by Crippen LogP contribution is 2.28. The maximum atomic E-state index is 12.1. The maximum absolute atomic E-state index is 12.1. The second kappa shape index (κ2) is 3.57. The van der Waals surface area contributed by atoms with Crippen LogP contribution in [0.15, 0.2) is 24.3 Å². The van der Waals surface area contributed by atoms with E-state index < -0.39 is 16.6 Å². The summed E-state index contributed by atoms with van der Waals surface area (Å²) in [6, 6.07) is 3.83. The molecule has 6 heteroatoms. The first kappa shape index (κ1) is 10.4. The van der Waals surface area contributed by atoms with Gasteiger partial charge < -0.3 is 5.21 Å². The molecule has 0 aliphatic carbocycles. The van der Waals surface area contributed by atoms with Gasteiger partial charge in [-0.3, -0.25) is 5.21 Å². The highest BCUT2D eigenvalue weighted by atomic mass is 19.4. The van der Waals surface area contributed by atoms with Crippen molar-refractivity contribution in [3.05, 3.63) is 40.6 Å². The van der Waals surface area contributed by atoms with E-state index in [4.69, 9.17) is 5.21 Å². The second-order valence-corrected chi connectivity index (χ2v) is 2.55. The third kappa shape index (κ3) is 2.65. The van der Waals surface area contributed by atoms with Crippen molar-refractivity contribution in [3.8, 4) is 0 Å². The molecule has 76 valence electrons. The van der Waals surface area contributed by atoms with E-state index in [1.807, 2.05) is 0 Å². The molecule has 0 heterocycles. The van der Waals surface area contributed by atoms with E-state index in [9.17, 15) is 18.4 Å². The molecule has 0 aliphatic rings. The molecule has 0 unspecified atom stereocenters. The second-order valence-electron chi connectivity index (χ2n) is 2.55. The maximum Gasteiger partial charge on any atom is 0.416 e. The molecule has 0 amide bonds. The van der Waals surface area contributed by atoms with Crippen molar-refractivity contribution in [3.63, 3.8) is 0 Å². The predicted molar refractivity (Wildman–Crippen MR) is 42.0 cm³/mol. The predicted octanol–water partition coefficient (Wildman–Crippen LogP) is 2.02. The van der Waals surface area contributed by atoms with E-state index >= 15 is 0 Å². The van der Waals surface area contributed by atoms with E-state index in [-0.39, 0.29) is 5.56 Å². The minimum Gasteiger partial charge on any atom is -0.418 e. The van der Waals surface area contributed by atoms with Crippen LogP contribution >= 0.6 is 0 Å². The van der Waals surface area contributed by atoms with Crippen molar-refractivity contribution in [2.24, 2.45) is 0 Å².